The monoisotopic (exact) mass is 365 g/mol. The number of benzene rings is 2. The third-order valence-electron chi connectivity index (χ3n) is 2.68. The Labute approximate surface area is 148 Å². The highest BCUT2D eigenvalue weighted by molar-refractivity contribution is 7.80. The average molecular weight is 365 g/mol. The molecule has 0 unspecified atom stereocenters. The first kappa shape index (κ1) is 17.7. The topological polar surface area (TPSA) is 72.0 Å². The van der Waals surface area contributed by atoms with Gasteiger partial charge in [-0.3, -0.25) is 5.41 Å². The van der Waals surface area contributed by atoms with Crippen LogP contribution in [0.1, 0.15) is 0 Å². The number of hydrogen-bond donors (Lipinski definition) is 5. The van der Waals surface area contributed by atoms with Crippen LogP contribution in [0.3, 0.4) is 0 Å². The molecule has 0 bridgehead atoms. The summed E-state index contributed by atoms with van der Waals surface area (Å²) in [6.07, 6.45) is 0. The van der Waals surface area contributed by atoms with E-state index in [4.69, 9.17) is 29.8 Å². The lowest BCUT2D eigenvalue weighted by Gasteiger charge is -2.14. The molecule has 0 atom stereocenters. The zero-order valence-corrected chi connectivity index (χ0v) is 13.8. The number of guanidine groups is 1. The van der Waals surface area contributed by atoms with Gasteiger partial charge in [0.2, 0.25) is 5.96 Å². The molecule has 124 valence electrons. The van der Waals surface area contributed by atoms with E-state index in [0.29, 0.717) is 11.4 Å². The number of hydrogen-bond acceptors (Lipinski definition) is 3. The highest BCUT2D eigenvalue weighted by atomic mass is 32.1. The van der Waals surface area contributed by atoms with Gasteiger partial charge in [-0.1, -0.05) is 0 Å². The van der Waals surface area contributed by atoms with Crippen molar-refractivity contribution in [2.45, 2.75) is 0 Å². The van der Waals surface area contributed by atoms with E-state index in [9.17, 15) is 8.78 Å². The zero-order valence-electron chi connectivity index (χ0n) is 12.2. The average Bonchev–Trinajstić information content (AvgIpc) is 2.51. The minimum absolute atomic E-state index is 0.142. The summed E-state index contributed by atoms with van der Waals surface area (Å²) in [4.78, 5) is 0. The molecule has 0 radical (unpaired) electrons. The van der Waals surface area contributed by atoms with E-state index in [0.717, 1.165) is 0 Å². The first-order chi connectivity index (χ1) is 11.4. The number of anilines is 2. The summed E-state index contributed by atoms with van der Waals surface area (Å²) in [5.41, 5.74) is 1.16. The molecule has 2 rings (SSSR count). The smallest absolute Gasteiger partial charge is 0.201 e. The van der Waals surface area contributed by atoms with Gasteiger partial charge in [0, 0.05) is 11.4 Å². The van der Waals surface area contributed by atoms with Crippen LogP contribution in [0.4, 0.5) is 20.2 Å². The van der Waals surface area contributed by atoms with E-state index in [1.54, 1.807) is 0 Å². The normalized spacial score (nSPS) is 9.75. The van der Waals surface area contributed by atoms with Gasteiger partial charge in [0.15, 0.2) is 10.2 Å². The molecule has 5 nitrogen and oxygen atoms in total. The highest BCUT2D eigenvalue weighted by Gasteiger charge is 2.04. The second kappa shape index (κ2) is 8.27. The van der Waals surface area contributed by atoms with Crippen molar-refractivity contribution in [2.24, 2.45) is 0 Å². The molecule has 2 aromatic rings. The van der Waals surface area contributed by atoms with Crippen LogP contribution in [-0.2, 0) is 0 Å². The fraction of sp³-hybridized carbons (Fsp3) is 0. The summed E-state index contributed by atoms with van der Waals surface area (Å²) in [6, 6.07) is 11.2. The lowest BCUT2D eigenvalue weighted by molar-refractivity contribution is 0.627. The summed E-state index contributed by atoms with van der Waals surface area (Å²) >= 11 is 10.1. The van der Waals surface area contributed by atoms with Gasteiger partial charge in [-0.15, -0.1) is 0 Å². The second-order valence-corrected chi connectivity index (χ2v) is 5.36. The van der Waals surface area contributed by atoms with E-state index in [1.165, 1.54) is 48.5 Å². The summed E-state index contributed by atoms with van der Waals surface area (Å²) in [7, 11) is 0. The van der Waals surface area contributed by atoms with Crippen LogP contribution in [-0.4, -0.2) is 16.2 Å². The molecule has 0 aliphatic heterocycles. The van der Waals surface area contributed by atoms with Crippen LogP contribution in [0.15, 0.2) is 48.5 Å². The Kier molecular flexibility index (Phi) is 6.10. The van der Waals surface area contributed by atoms with Gasteiger partial charge in [0.1, 0.15) is 11.6 Å². The van der Waals surface area contributed by atoms with Crippen molar-refractivity contribution in [3.05, 3.63) is 60.2 Å². The summed E-state index contributed by atoms with van der Waals surface area (Å²) in [5, 5.41) is 18.8. The van der Waals surface area contributed by atoms with Gasteiger partial charge in [-0.05, 0) is 73.0 Å². The van der Waals surface area contributed by atoms with Crippen LogP contribution in [0.25, 0.3) is 0 Å². The third kappa shape index (κ3) is 5.86. The Morgan fingerprint density at radius 1 is 0.708 bits per heavy atom. The van der Waals surface area contributed by atoms with E-state index in [2.05, 4.69) is 21.3 Å². The van der Waals surface area contributed by atoms with Crippen LogP contribution in [0.5, 0.6) is 0 Å². The van der Waals surface area contributed by atoms with Crippen molar-refractivity contribution in [2.75, 3.05) is 10.6 Å². The Hall–Kier alpha value is -2.65. The molecule has 0 amide bonds. The van der Waals surface area contributed by atoms with Gasteiger partial charge < -0.3 is 21.3 Å². The Morgan fingerprint density at radius 3 is 1.38 bits per heavy atom. The molecule has 0 heterocycles. The predicted molar refractivity (Wildman–Crippen MR) is 99.2 cm³/mol. The molecule has 0 saturated carbocycles. The van der Waals surface area contributed by atoms with E-state index >= 15 is 0 Å². The number of rotatable bonds is 2. The van der Waals surface area contributed by atoms with E-state index in [1.807, 2.05) is 0 Å². The first-order valence-corrected chi connectivity index (χ1v) is 7.50. The molecule has 0 aliphatic carbocycles. The molecule has 5 N–H and O–H groups in total. The molecule has 0 saturated heterocycles. The highest BCUT2D eigenvalue weighted by Crippen LogP contribution is 2.08. The number of halogens is 2. The molecule has 9 heteroatoms. The predicted octanol–water partition coefficient (Wildman–Crippen LogP) is 3.17. The number of thiocarbonyl (C=S) groups is 2. The quantitative estimate of drug-likeness (QED) is 0.320. The van der Waals surface area contributed by atoms with Gasteiger partial charge in [-0.2, -0.15) is 0 Å². The zero-order chi connectivity index (χ0) is 17.5. The second-order valence-electron chi connectivity index (χ2n) is 4.55. The van der Waals surface area contributed by atoms with Crippen LogP contribution < -0.4 is 21.3 Å². The molecule has 0 aliphatic rings. The molecular weight excluding hydrogens is 352 g/mol. The van der Waals surface area contributed by atoms with Crippen molar-refractivity contribution in [1.29, 1.82) is 5.41 Å². The van der Waals surface area contributed by atoms with Crippen LogP contribution in [0, 0.1) is 17.0 Å². The maximum absolute atomic E-state index is 12.8. The largest absolute Gasteiger partial charge is 0.332 e. The van der Waals surface area contributed by atoms with Gasteiger partial charge in [0.25, 0.3) is 0 Å². The molecular formula is C15H13F2N5S2. The molecule has 0 spiro atoms. The van der Waals surface area contributed by atoms with E-state index in [-0.39, 0.29) is 27.8 Å². The minimum Gasteiger partial charge on any atom is -0.332 e. The summed E-state index contributed by atoms with van der Waals surface area (Å²) < 4.78 is 25.6. The molecule has 0 fully saturated rings. The van der Waals surface area contributed by atoms with Crippen LogP contribution >= 0.6 is 24.4 Å². The maximum atomic E-state index is 12.8. The van der Waals surface area contributed by atoms with Crippen molar-refractivity contribution in [3.63, 3.8) is 0 Å². The number of nitrogens with one attached hydrogen (secondary N) is 5. The van der Waals surface area contributed by atoms with Crippen molar-refractivity contribution >= 4 is 52.0 Å². The summed E-state index contributed by atoms with van der Waals surface area (Å²) in [6.45, 7) is 0. The van der Waals surface area contributed by atoms with Crippen molar-refractivity contribution in [1.82, 2.24) is 10.6 Å². The molecule has 24 heavy (non-hydrogen) atoms. The molecule has 0 aromatic heterocycles. The molecule has 2 aromatic carbocycles. The van der Waals surface area contributed by atoms with Gasteiger partial charge in [-0.25, -0.2) is 8.78 Å². The maximum Gasteiger partial charge on any atom is 0.201 e. The fourth-order valence-electron chi connectivity index (χ4n) is 1.65. The lowest BCUT2D eigenvalue weighted by atomic mass is 10.3. The van der Waals surface area contributed by atoms with Crippen molar-refractivity contribution < 1.29 is 8.78 Å². The summed E-state index contributed by atoms with van der Waals surface area (Å²) in [5.74, 6) is -0.869. The van der Waals surface area contributed by atoms with Crippen molar-refractivity contribution in [3.8, 4) is 0 Å². The SMILES string of the molecule is N=C(NC(=S)Nc1ccc(F)cc1)NC(=S)Nc1ccc(F)cc1. The lowest BCUT2D eigenvalue weighted by Crippen LogP contribution is -2.46. The van der Waals surface area contributed by atoms with Crippen LogP contribution in [0.2, 0.25) is 0 Å². The minimum atomic E-state index is -0.356. The fourth-order valence-corrected chi connectivity index (χ4v) is 2.09. The Bertz CT molecular complexity index is 684. The first-order valence-electron chi connectivity index (χ1n) is 6.68. The standard InChI is InChI=1S/C15H13F2N5S2/c16-9-1-5-11(6-2-9)19-14(23)21-13(18)22-15(24)20-12-7-3-10(17)4-8-12/h1-8H,(H5,18,19,20,21,22,23,24). The van der Waals surface area contributed by atoms with E-state index < -0.39 is 0 Å². The Balaban J connectivity index is 1.79. The van der Waals surface area contributed by atoms with Gasteiger partial charge >= 0.3 is 0 Å². The Morgan fingerprint density at radius 2 is 1.04 bits per heavy atom. The van der Waals surface area contributed by atoms with Gasteiger partial charge in [0.05, 0.1) is 0 Å². The third-order valence-corrected chi connectivity index (χ3v) is 3.09.